The molecule has 2 aromatic rings. The van der Waals surface area contributed by atoms with Gasteiger partial charge in [0.15, 0.2) is 0 Å². The predicted molar refractivity (Wildman–Crippen MR) is 98.2 cm³/mol. The Morgan fingerprint density at radius 1 is 1.31 bits per heavy atom. The number of aromatic nitrogens is 1. The van der Waals surface area contributed by atoms with Crippen LogP contribution in [0.3, 0.4) is 0 Å². The first-order valence-electron chi connectivity index (χ1n) is 8.79. The highest BCUT2D eigenvalue weighted by molar-refractivity contribution is 5.91. The maximum absolute atomic E-state index is 12.5. The van der Waals surface area contributed by atoms with Crippen molar-refractivity contribution in [3.05, 3.63) is 36.0 Å². The molecule has 0 aliphatic carbocycles. The first-order valence-corrected chi connectivity index (χ1v) is 8.79. The smallest absolute Gasteiger partial charge is 0.242 e. The summed E-state index contributed by atoms with van der Waals surface area (Å²) >= 11 is 0. The minimum absolute atomic E-state index is 0.0141. The van der Waals surface area contributed by atoms with Crippen molar-refractivity contribution in [1.29, 1.82) is 0 Å². The Hall–Kier alpha value is -2.83. The Balaban J connectivity index is 1.65. The third kappa shape index (κ3) is 3.71. The molecule has 0 saturated carbocycles. The molecule has 26 heavy (non-hydrogen) atoms. The zero-order valence-corrected chi connectivity index (χ0v) is 15.1. The molecule has 1 aliphatic rings. The molecule has 1 aliphatic heterocycles. The summed E-state index contributed by atoms with van der Waals surface area (Å²) in [7, 11) is 3.37. The summed E-state index contributed by atoms with van der Waals surface area (Å²) in [6, 6.07) is 7.41. The van der Waals surface area contributed by atoms with E-state index in [0.717, 1.165) is 16.5 Å². The van der Waals surface area contributed by atoms with E-state index in [4.69, 9.17) is 0 Å². The molecule has 7 heteroatoms. The summed E-state index contributed by atoms with van der Waals surface area (Å²) in [5.41, 5.74) is 2.01. The molecule has 1 aromatic heterocycles. The van der Waals surface area contributed by atoms with Crippen LogP contribution in [0.1, 0.15) is 24.8 Å². The number of hydrogen-bond acceptors (Lipinski definition) is 3. The minimum Gasteiger partial charge on any atom is -0.361 e. The van der Waals surface area contributed by atoms with E-state index in [-0.39, 0.29) is 30.7 Å². The number of nitrogens with one attached hydrogen (secondary N) is 2. The molecule has 3 rings (SSSR count). The molecule has 3 amide bonds. The summed E-state index contributed by atoms with van der Waals surface area (Å²) in [5, 5.41) is 3.85. The molecule has 1 fully saturated rings. The molecular weight excluding hydrogens is 332 g/mol. The number of benzene rings is 1. The number of carbonyl (C=O) groups excluding carboxylic acids is 3. The lowest BCUT2D eigenvalue weighted by Crippen LogP contribution is -2.45. The van der Waals surface area contributed by atoms with E-state index in [1.807, 2.05) is 30.5 Å². The van der Waals surface area contributed by atoms with Gasteiger partial charge in [-0.25, -0.2) is 0 Å². The Labute approximate surface area is 152 Å². The van der Waals surface area contributed by atoms with Crippen molar-refractivity contribution in [1.82, 2.24) is 20.1 Å². The van der Waals surface area contributed by atoms with Gasteiger partial charge in [0, 0.05) is 57.1 Å². The van der Waals surface area contributed by atoms with E-state index in [0.29, 0.717) is 19.4 Å². The van der Waals surface area contributed by atoms with Gasteiger partial charge < -0.3 is 20.1 Å². The fourth-order valence-electron chi connectivity index (χ4n) is 3.28. The van der Waals surface area contributed by atoms with Crippen molar-refractivity contribution in [2.75, 3.05) is 20.6 Å². The quantitative estimate of drug-likeness (QED) is 0.817. The minimum atomic E-state index is -0.481. The number of para-hydroxylation sites is 1. The average Bonchev–Trinajstić information content (AvgIpc) is 3.19. The van der Waals surface area contributed by atoms with Gasteiger partial charge in [-0.3, -0.25) is 14.4 Å². The number of likely N-dealkylation sites (tertiary alicyclic amines) is 1. The van der Waals surface area contributed by atoms with Crippen molar-refractivity contribution < 1.29 is 14.4 Å². The Morgan fingerprint density at radius 3 is 2.85 bits per heavy atom. The molecule has 1 unspecified atom stereocenters. The monoisotopic (exact) mass is 356 g/mol. The second-order valence-electron chi connectivity index (χ2n) is 6.76. The lowest BCUT2D eigenvalue weighted by molar-refractivity contribution is -0.136. The van der Waals surface area contributed by atoms with Crippen LogP contribution in [-0.4, -0.2) is 59.2 Å². The highest BCUT2D eigenvalue weighted by Crippen LogP contribution is 2.25. The fraction of sp³-hybridized carbons (Fsp3) is 0.421. The standard InChI is InChI=1S/C19H24N4O3/c1-22(2)17(24)9-10-20-19(26)16-7-8-18(25)23(16)12-13-11-21-15-6-4-3-5-14(13)15/h3-6,11,16,21H,7-10,12H2,1-2H3,(H,20,26). The van der Waals surface area contributed by atoms with E-state index < -0.39 is 6.04 Å². The van der Waals surface area contributed by atoms with Crippen LogP contribution in [0.2, 0.25) is 0 Å². The molecule has 1 saturated heterocycles. The van der Waals surface area contributed by atoms with E-state index in [1.54, 1.807) is 19.0 Å². The van der Waals surface area contributed by atoms with Crippen molar-refractivity contribution in [2.24, 2.45) is 0 Å². The lowest BCUT2D eigenvalue weighted by atomic mass is 10.1. The zero-order chi connectivity index (χ0) is 18.7. The van der Waals surface area contributed by atoms with E-state index in [1.165, 1.54) is 4.90 Å². The van der Waals surface area contributed by atoms with E-state index in [2.05, 4.69) is 10.3 Å². The van der Waals surface area contributed by atoms with E-state index >= 15 is 0 Å². The first-order chi connectivity index (χ1) is 12.5. The van der Waals surface area contributed by atoms with Crippen molar-refractivity contribution in [3.63, 3.8) is 0 Å². The summed E-state index contributed by atoms with van der Waals surface area (Å²) in [6.45, 7) is 0.680. The first kappa shape index (κ1) is 18.0. The largest absolute Gasteiger partial charge is 0.361 e. The molecule has 2 heterocycles. The number of aromatic amines is 1. The number of hydrogen-bond donors (Lipinski definition) is 2. The molecular formula is C19H24N4O3. The molecule has 1 aromatic carbocycles. The van der Waals surface area contributed by atoms with Crippen molar-refractivity contribution >= 4 is 28.6 Å². The second-order valence-corrected chi connectivity index (χ2v) is 6.76. The number of fused-ring (bicyclic) bond motifs is 1. The third-order valence-corrected chi connectivity index (χ3v) is 4.78. The molecule has 7 nitrogen and oxygen atoms in total. The summed E-state index contributed by atoms with van der Waals surface area (Å²) in [5.74, 6) is -0.245. The molecule has 1 atom stereocenters. The topological polar surface area (TPSA) is 85.5 Å². The maximum atomic E-state index is 12.5. The summed E-state index contributed by atoms with van der Waals surface area (Å²) in [6.07, 6.45) is 3.02. The van der Waals surface area contributed by atoms with Gasteiger partial charge in [0.1, 0.15) is 6.04 Å². The van der Waals surface area contributed by atoms with Crippen LogP contribution in [0, 0.1) is 0 Å². The predicted octanol–water partition coefficient (Wildman–Crippen LogP) is 1.25. The van der Waals surface area contributed by atoms with Crippen LogP contribution in [-0.2, 0) is 20.9 Å². The van der Waals surface area contributed by atoms with Gasteiger partial charge >= 0.3 is 0 Å². The van der Waals surface area contributed by atoms with Crippen molar-refractivity contribution in [2.45, 2.75) is 31.8 Å². The highest BCUT2D eigenvalue weighted by Gasteiger charge is 2.36. The van der Waals surface area contributed by atoms with Crippen LogP contribution >= 0.6 is 0 Å². The van der Waals surface area contributed by atoms with Crippen LogP contribution in [0.15, 0.2) is 30.5 Å². The number of nitrogens with zero attached hydrogens (tertiary/aromatic N) is 2. The lowest BCUT2D eigenvalue weighted by Gasteiger charge is -2.24. The Kier molecular flexibility index (Phi) is 5.25. The van der Waals surface area contributed by atoms with Gasteiger partial charge in [-0.05, 0) is 18.1 Å². The summed E-state index contributed by atoms with van der Waals surface area (Å²) < 4.78 is 0. The van der Waals surface area contributed by atoms with Crippen LogP contribution in [0.4, 0.5) is 0 Å². The number of rotatable bonds is 6. The van der Waals surface area contributed by atoms with Gasteiger partial charge in [0.25, 0.3) is 0 Å². The molecule has 0 spiro atoms. The summed E-state index contributed by atoms with van der Waals surface area (Å²) in [4.78, 5) is 42.7. The van der Waals surface area contributed by atoms with Crippen LogP contribution in [0.5, 0.6) is 0 Å². The molecule has 138 valence electrons. The number of carbonyl (C=O) groups is 3. The van der Waals surface area contributed by atoms with Gasteiger partial charge in [-0.1, -0.05) is 18.2 Å². The van der Waals surface area contributed by atoms with Gasteiger partial charge in [0.2, 0.25) is 17.7 Å². The average molecular weight is 356 g/mol. The highest BCUT2D eigenvalue weighted by atomic mass is 16.2. The molecule has 2 N–H and O–H groups in total. The number of H-pyrrole nitrogens is 1. The normalized spacial score (nSPS) is 16.9. The van der Waals surface area contributed by atoms with Gasteiger partial charge in [-0.2, -0.15) is 0 Å². The third-order valence-electron chi connectivity index (χ3n) is 4.78. The molecule has 0 bridgehead atoms. The molecule has 0 radical (unpaired) electrons. The van der Waals surface area contributed by atoms with Crippen molar-refractivity contribution in [3.8, 4) is 0 Å². The fourth-order valence-corrected chi connectivity index (χ4v) is 3.28. The van der Waals surface area contributed by atoms with Gasteiger partial charge in [-0.15, -0.1) is 0 Å². The number of amides is 3. The van der Waals surface area contributed by atoms with Crippen LogP contribution < -0.4 is 5.32 Å². The van der Waals surface area contributed by atoms with Gasteiger partial charge in [0.05, 0.1) is 0 Å². The van der Waals surface area contributed by atoms with E-state index in [9.17, 15) is 14.4 Å². The SMILES string of the molecule is CN(C)C(=O)CCNC(=O)C1CCC(=O)N1Cc1c[nH]c2ccccc12. The Bertz CT molecular complexity index is 827. The Morgan fingerprint density at radius 2 is 2.08 bits per heavy atom. The van der Waals surface area contributed by atoms with Crippen LogP contribution in [0.25, 0.3) is 10.9 Å². The zero-order valence-electron chi connectivity index (χ0n) is 15.1. The second kappa shape index (κ2) is 7.59. The maximum Gasteiger partial charge on any atom is 0.242 e.